The van der Waals surface area contributed by atoms with Crippen LogP contribution in [0.3, 0.4) is 0 Å². The minimum atomic E-state index is -4.41. The molecule has 164 valence electrons. The zero-order chi connectivity index (χ0) is 22.5. The molecule has 0 radical (unpaired) electrons. The average Bonchev–Trinajstić information content (AvgIpc) is 3.08. The van der Waals surface area contributed by atoms with E-state index in [1.165, 1.54) is 27.1 Å². The van der Waals surface area contributed by atoms with Crippen LogP contribution in [0.1, 0.15) is 21.7 Å². The Hall–Kier alpha value is -2.49. The molecule has 2 aromatic heterocycles. The molecule has 3 heterocycles. The van der Waals surface area contributed by atoms with Crippen LogP contribution in [0.15, 0.2) is 57.8 Å². The summed E-state index contributed by atoms with van der Waals surface area (Å²) in [4.78, 5) is 23.4. The first-order valence-corrected chi connectivity index (χ1v) is 11.6. The summed E-state index contributed by atoms with van der Waals surface area (Å²) in [5.41, 5.74) is 0.802. The summed E-state index contributed by atoms with van der Waals surface area (Å²) in [6.07, 6.45) is -3.83. The normalized spacial score (nSPS) is 14.6. The molecule has 2 aromatic carbocycles. The fourth-order valence-electron chi connectivity index (χ4n) is 3.95. The number of aromatic nitrogens is 2. The van der Waals surface area contributed by atoms with Gasteiger partial charge >= 0.3 is 6.18 Å². The fourth-order valence-corrected chi connectivity index (χ4v) is 5.94. The summed E-state index contributed by atoms with van der Waals surface area (Å²) in [5, 5.41) is 1.18. The second kappa shape index (κ2) is 8.13. The van der Waals surface area contributed by atoms with Crippen molar-refractivity contribution in [2.75, 3.05) is 6.54 Å². The summed E-state index contributed by atoms with van der Waals surface area (Å²) in [7, 11) is 0. The molecule has 4 aromatic rings. The maximum Gasteiger partial charge on any atom is 0.416 e. The molecule has 0 fully saturated rings. The van der Waals surface area contributed by atoms with E-state index in [-0.39, 0.29) is 11.4 Å². The van der Waals surface area contributed by atoms with Gasteiger partial charge in [0.15, 0.2) is 0 Å². The van der Waals surface area contributed by atoms with Crippen molar-refractivity contribution in [1.29, 1.82) is 0 Å². The number of H-pyrrole nitrogens is 1. The van der Waals surface area contributed by atoms with Gasteiger partial charge in [-0.15, -0.1) is 11.3 Å². The number of nitrogens with one attached hydrogen (secondary N) is 1. The van der Waals surface area contributed by atoms with Gasteiger partial charge in [0.2, 0.25) is 0 Å². The Kier molecular flexibility index (Phi) is 5.43. The van der Waals surface area contributed by atoms with E-state index in [4.69, 9.17) is 0 Å². The number of rotatable bonds is 3. The maximum absolute atomic E-state index is 12.8. The van der Waals surface area contributed by atoms with Gasteiger partial charge in [0.25, 0.3) is 5.56 Å². The molecule has 0 atom stereocenters. The van der Waals surface area contributed by atoms with Crippen LogP contribution < -0.4 is 5.56 Å². The number of hydrogen-bond donors (Lipinski definition) is 1. The largest absolute Gasteiger partial charge is 0.416 e. The Labute approximate surface area is 193 Å². The predicted octanol–water partition coefficient (Wildman–Crippen LogP) is 5.99. The van der Waals surface area contributed by atoms with Gasteiger partial charge < -0.3 is 4.98 Å². The molecule has 4 nitrogen and oxygen atoms in total. The van der Waals surface area contributed by atoms with E-state index in [0.29, 0.717) is 29.8 Å². The average molecular weight is 520 g/mol. The molecule has 0 saturated carbocycles. The molecule has 32 heavy (non-hydrogen) atoms. The maximum atomic E-state index is 12.8. The van der Waals surface area contributed by atoms with Crippen molar-refractivity contribution in [2.45, 2.75) is 25.7 Å². The van der Waals surface area contributed by atoms with Crippen molar-refractivity contribution in [1.82, 2.24) is 14.9 Å². The molecule has 1 aliphatic rings. The number of benzene rings is 2. The third kappa shape index (κ3) is 4.00. The van der Waals surface area contributed by atoms with Crippen LogP contribution in [0.4, 0.5) is 13.2 Å². The predicted molar refractivity (Wildman–Crippen MR) is 123 cm³/mol. The first-order valence-electron chi connectivity index (χ1n) is 9.97. The van der Waals surface area contributed by atoms with Gasteiger partial charge in [-0.3, -0.25) is 9.69 Å². The van der Waals surface area contributed by atoms with Crippen LogP contribution in [0, 0.1) is 0 Å². The highest BCUT2D eigenvalue weighted by atomic mass is 79.9. The van der Waals surface area contributed by atoms with Crippen LogP contribution in [0.5, 0.6) is 0 Å². The first kappa shape index (κ1) is 21.4. The third-order valence-corrected chi connectivity index (χ3v) is 7.93. The summed E-state index contributed by atoms with van der Waals surface area (Å²) < 4.78 is 40.8. The number of hydrogen-bond acceptors (Lipinski definition) is 4. The van der Waals surface area contributed by atoms with E-state index >= 15 is 0 Å². The highest BCUT2D eigenvalue weighted by Crippen LogP contribution is 2.37. The Morgan fingerprint density at radius 1 is 1.12 bits per heavy atom. The summed E-state index contributed by atoms with van der Waals surface area (Å²) in [6, 6.07) is 12.9. The standard InChI is InChI=1S/C23H17BrF3N3OS/c24-20-16-3-1-2-4-18(16)32-19(20)12-30-10-9-15-17(11-30)28-21(29-22(15)31)13-5-7-14(8-6-13)23(25,26)27/h1-8H,9-12H2,(H,28,29,31). The molecule has 0 unspecified atom stereocenters. The van der Waals surface area contributed by atoms with E-state index < -0.39 is 11.7 Å². The molecular weight excluding hydrogens is 503 g/mol. The van der Waals surface area contributed by atoms with Gasteiger partial charge in [-0.1, -0.05) is 30.3 Å². The zero-order valence-corrected chi connectivity index (χ0v) is 19.1. The Balaban J connectivity index is 1.42. The highest BCUT2D eigenvalue weighted by molar-refractivity contribution is 9.10. The van der Waals surface area contributed by atoms with Gasteiger partial charge in [0.1, 0.15) is 5.82 Å². The lowest BCUT2D eigenvalue weighted by Gasteiger charge is -2.27. The number of fused-ring (bicyclic) bond motifs is 2. The minimum absolute atomic E-state index is 0.229. The van der Waals surface area contributed by atoms with Crippen molar-refractivity contribution < 1.29 is 13.2 Å². The lowest BCUT2D eigenvalue weighted by Crippen LogP contribution is -2.34. The van der Waals surface area contributed by atoms with E-state index in [9.17, 15) is 18.0 Å². The molecule has 0 amide bonds. The quantitative estimate of drug-likeness (QED) is 0.361. The van der Waals surface area contributed by atoms with Crippen LogP contribution in [0.2, 0.25) is 0 Å². The van der Waals surface area contributed by atoms with Crippen molar-refractivity contribution in [3.63, 3.8) is 0 Å². The van der Waals surface area contributed by atoms with Gasteiger partial charge in [-0.05, 0) is 40.5 Å². The van der Waals surface area contributed by atoms with Crippen LogP contribution in [-0.4, -0.2) is 21.4 Å². The van der Waals surface area contributed by atoms with Crippen LogP contribution in [0.25, 0.3) is 21.5 Å². The number of halogens is 4. The summed E-state index contributed by atoms with van der Waals surface area (Å²) in [5.74, 6) is 0.285. The van der Waals surface area contributed by atoms with Crippen molar-refractivity contribution in [3.05, 3.63) is 85.1 Å². The number of aromatic amines is 1. The molecule has 0 saturated heterocycles. The van der Waals surface area contributed by atoms with Crippen LogP contribution in [-0.2, 0) is 25.7 Å². The Bertz CT molecular complexity index is 1360. The first-order chi connectivity index (χ1) is 15.3. The second-order valence-corrected chi connectivity index (χ2v) is 9.64. The smallest absolute Gasteiger partial charge is 0.306 e. The number of nitrogens with zero attached hydrogens (tertiary/aromatic N) is 2. The lowest BCUT2D eigenvalue weighted by molar-refractivity contribution is -0.137. The summed E-state index contributed by atoms with van der Waals surface area (Å²) in [6.45, 7) is 1.97. The van der Waals surface area contributed by atoms with Gasteiger partial charge in [0.05, 0.1) is 11.3 Å². The van der Waals surface area contributed by atoms with Crippen molar-refractivity contribution in [2.24, 2.45) is 0 Å². The van der Waals surface area contributed by atoms with E-state index in [1.54, 1.807) is 11.3 Å². The highest BCUT2D eigenvalue weighted by Gasteiger charge is 2.30. The SMILES string of the molecule is O=c1[nH]c(-c2ccc(C(F)(F)F)cc2)nc2c1CCN(Cc1sc3ccccc3c1Br)C2. The fraction of sp³-hybridized carbons (Fsp3) is 0.217. The van der Waals surface area contributed by atoms with E-state index in [2.05, 4.69) is 42.9 Å². The monoisotopic (exact) mass is 519 g/mol. The second-order valence-electron chi connectivity index (χ2n) is 7.71. The molecule has 0 bridgehead atoms. The molecule has 9 heteroatoms. The van der Waals surface area contributed by atoms with Crippen molar-refractivity contribution in [3.8, 4) is 11.4 Å². The topological polar surface area (TPSA) is 49.0 Å². The Morgan fingerprint density at radius 2 is 1.88 bits per heavy atom. The number of alkyl halides is 3. The van der Waals surface area contributed by atoms with Gasteiger partial charge in [-0.2, -0.15) is 13.2 Å². The minimum Gasteiger partial charge on any atom is -0.306 e. The zero-order valence-electron chi connectivity index (χ0n) is 16.7. The van der Waals surface area contributed by atoms with Crippen LogP contribution >= 0.6 is 27.3 Å². The third-order valence-electron chi connectivity index (χ3n) is 5.61. The molecule has 1 N–H and O–H groups in total. The van der Waals surface area contributed by atoms with Crippen molar-refractivity contribution >= 4 is 37.4 Å². The van der Waals surface area contributed by atoms with Gasteiger partial charge in [0, 0.05) is 50.2 Å². The molecule has 0 spiro atoms. The van der Waals surface area contributed by atoms with E-state index in [1.807, 2.05) is 12.1 Å². The molecular formula is C23H17BrF3N3OS. The van der Waals surface area contributed by atoms with E-state index in [0.717, 1.165) is 29.7 Å². The molecule has 5 rings (SSSR count). The lowest BCUT2D eigenvalue weighted by atomic mass is 10.1. The number of thiophene rings is 1. The summed E-state index contributed by atoms with van der Waals surface area (Å²) >= 11 is 5.45. The molecule has 1 aliphatic heterocycles. The molecule has 0 aliphatic carbocycles. The van der Waals surface area contributed by atoms with Gasteiger partial charge in [-0.25, -0.2) is 4.98 Å². The Morgan fingerprint density at radius 3 is 2.59 bits per heavy atom.